The van der Waals surface area contributed by atoms with Gasteiger partial charge < -0.3 is 19.9 Å². The van der Waals surface area contributed by atoms with E-state index in [1.54, 1.807) is 11.9 Å². The fourth-order valence-corrected chi connectivity index (χ4v) is 2.51. The molecule has 0 fully saturated rings. The van der Waals surface area contributed by atoms with Crippen LogP contribution in [0, 0.1) is 0 Å². The summed E-state index contributed by atoms with van der Waals surface area (Å²) in [6.45, 7) is 4.48. The summed E-state index contributed by atoms with van der Waals surface area (Å²) in [4.78, 5) is 15.7. The van der Waals surface area contributed by atoms with E-state index in [1.165, 1.54) is 0 Å². The number of fused-ring (bicyclic) bond motifs is 1. The molecule has 1 amide bonds. The second-order valence-electron chi connectivity index (χ2n) is 5.77. The number of anilines is 1. The van der Waals surface area contributed by atoms with Crippen molar-refractivity contribution in [2.75, 3.05) is 46.1 Å². The van der Waals surface area contributed by atoms with E-state index in [1.807, 2.05) is 25.1 Å². The summed E-state index contributed by atoms with van der Waals surface area (Å²) in [7, 11) is 5.89. The van der Waals surface area contributed by atoms with Crippen molar-refractivity contribution in [3.8, 4) is 5.75 Å². The summed E-state index contributed by atoms with van der Waals surface area (Å²) >= 11 is 0. The zero-order chi connectivity index (χ0) is 15.4. The van der Waals surface area contributed by atoms with Crippen LogP contribution in [0.5, 0.6) is 5.75 Å². The van der Waals surface area contributed by atoms with Crippen LogP contribution in [-0.4, -0.2) is 56.7 Å². The standard InChI is InChI=1S/C16H25N3O2.CH4/c1-5-19(4)16(20)21-14-8-6-7-13-15(14)12(11-17-13)9-10-18(2)3;/h6-8,12,17H,5,9-11H2,1-4H3;1H4. The van der Waals surface area contributed by atoms with Crippen molar-refractivity contribution in [3.05, 3.63) is 23.8 Å². The molecule has 0 saturated heterocycles. The number of hydrogen-bond acceptors (Lipinski definition) is 4. The number of hydrogen-bond donors (Lipinski definition) is 1. The predicted molar refractivity (Wildman–Crippen MR) is 91.9 cm³/mol. The lowest BCUT2D eigenvalue weighted by Crippen LogP contribution is -2.29. The zero-order valence-corrected chi connectivity index (χ0v) is 13.3. The molecule has 1 N–H and O–H groups in total. The van der Waals surface area contributed by atoms with Crippen molar-refractivity contribution in [1.29, 1.82) is 0 Å². The number of amides is 1. The normalized spacial score (nSPS) is 15.8. The smallest absolute Gasteiger partial charge is 0.410 e. The first-order valence-electron chi connectivity index (χ1n) is 7.47. The average Bonchev–Trinajstić information content (AvgIpc) is 2.88. The molecule has 0 aliphatic carbocycles. The van der Waals surface area contributed by atoms with Crippen LogP contribution in [0.4, 0.5) is 10.5 Å². The molecular formula is C17H29N3O2. The number of nitrogens with one attached hydrogen (secondary N) is 1. The van der Waals surface area contributed by atoms with E-state index in [0.29, 0.717) is 18.2 Å². The molecule has 0 aromatic heterocycles. The summed E-state index contributed by atoms with van der Waals surface area (Å²) in [6, 6.07) is 5.86. The van der Waals surface area contributed by atoms with Crippen LogP contribution in [0.2, 0.25) is 0 Å². The Hall–Kier alpha value is -1.75. The minimum Gasteiger partial charge on any atom is -0.410 e. The highest BCUT2D eigenvalue weighted by atomic mass is 16.6. The summed E-state index contributed by atoms with van der Waals surface area (Å²) in [5.74, 6) is 1.07. The molecule has 1 atom stereocenters. The van der Waals surface area contributed by atoms with Gasteiger partial charge in [0.25, 0.3) is 0 Å². The van der Waals surface area contributed by atoms with Crippen LogP contribution >= 0.6 is 0 Å². The number of benzene rings is 1. The Morgan fingerprint density at radius 3 is 2.73 bits per heavy atom. The molecule has 1 heterocycles. The Labute approximate surface area is 134 Å². The van der Waals surface area contributed by atoms with Crippen LogP contribution in [0.25, 0.3) is 0 Å². The fraction of sp³-hybridized carbons (Fsp3) is 0.588. The quantitative estimate of drug-likeness (QED) is 0.907. The third-order valence-corrected chi connectivity index (χ3v) is 3.92. The van der Waals surface area contributed by atoms with Crippen molar-refractivity contribution in [3.63, 3.8) is 0 Å². The van der Waals surface area contributed by atoms with Gasteiger partial charge in [0, 0.05) is 37.3 Å². The summed E-state index contributed by atoms with van der Waals surface area (Å²) in [5, 5.41) is 3.41. The van der Waals surface area contributed by atoms with E-state index in [4.69, 9.17) is 4.74 Å². The van der Waals surface area contributed by atoms with Crippen molar-refractivity contribution in [1.82, 2.24) is 9.80 Å². The highest BCUT2D eigenvalue weighted by molar-refractivity contribution is 5.73. The minimum atomic E-state index is -0.302. The van der Waals surface area contributed by atoms with E-state index < -0.39 is 0 Å². The molecule has 0 radical (unpaired) electrons. The number of nitrogens with zero attached hydrogens (tertiary/aromatic N) is 2. The molecule has 1 aromatic rings. The Morgan fingerprint density at radius 2 is 2.09 bits per heavy atom. The SMILES string of the molecule is C.CCN(C)C(=O)Oc1cccc2c1C(CCN(C)C)CN2. The number of ether oxygens (including phenoxy) is 1. The summed E-state index contributed by atoms with van der Waals surface area (Å²) < 4.78 is 5.58. The average molecular weight is 307 g/mol. The third kappa shape index (κ3) is 4.13. The van der Waals surface area contributed by atoms with Crippen molar-refractivity contribution < 1.29 is 9.53 Å². The molecule has 1 aliphatic rings. The van der Waals surface area contributed by atoms with E-state index in [0.717, 1.165) is 30.8 Å². The Bertz CT molecular complexity index is 503. The van der Waals surface area contributed by atoms with Gasteiger partial charge in [-0.05, 0) is 46.1 Å². The molecule has 22 heavy (non-hydrogen) atoms. The number of carbonyl (C=O) groups excluding carboxylic acids is 1. The van der Waals surface area contributed by atoms with E-state index >= 15 is 0 Å². The molecule has 0 bridgehead atoms. The Kier molecular flexibility index (Phi) is 6.68. The van der Waals surface area contributed by atoms with Gasteiger partial charge in [0.1, 0.15) is 5.75 Å². The molecule has 0 saturated carbocycles. The van der Waals surface area contributed by atoms with Gasteiger partial charge in [0.2, 0.25) is 0 Å². The lowest BCUT2D eigenvalue weighted by atomic mass is 9.97. The molecular weight excluding hydrogens is 278 g/mol. The van der Waals surface area contributed by atoms with E-state index in [9.17, 15) is 4.79 Å². The van der Waals surface area contributed by atoms with E-state index in [-0.39, 0.29) is 13.5 Å². The molecule has 1 aromatic carbocycles. The second kappa shape index (κ2) is 8.03. The molecule has 124 valence electrons. The van der Waals surface area contributed by atoms with Gasteiger partial charge in [-0.3, -0.25) is 0 Å². The summed E-state index contributed by atoms with van der Waals surface area (Å²) in [6.07, 6.45) is 0.745. The molecule has 5 nitrogen and oxygen atoms in total. The number of carbonyl (C=O) groups is 1. The predicted octanol–water partition coefficient (Wildman–Crippen LogP) is 3.23. The highest BCUT2D eigenvalue weighted by Crippen LogP contribution is 2.40. The Morgan fingerprint density at radius 1 is 1.36 bits per heavy atom. The fourth-order valence-electron chi connectivity index (χ4n) is 2.51. The molecule has 5 heteroatoms. The van der Waals surface area contributed by atoms with Crippen LogP contribution in [-0.2, 0) is 0 Å². The number of rotatable bonds is 5. The molecule has 1 unspecified atom stereocenters. The van der Waals surface area contributed by atoms with Crippen molar-refractivity contribution in [2.45, 2.75) is 26.7 Å². The minimum absolute atomic E-state index is 0. The van der Waals surface area contributed by atoms with Gasteiger partial charge in [-0.15, -0.1) is 0 Å². The first-order chi connectivity index (χ1) is 10.0. The maximum Gasteiger partial charge on any atom is 0.414 e. The summed E-state index contributed by atoms with van der Waals surface area (Å²) in [5.41, 5.74) is 2.22. The van der Waals surface area contributed by atoms with Crippen molar-refractivity contribution >= 4 is 11.8 Å². The first-order valence-corrected chi connectivity index (χ1v) is 7.47. The lowest BCUT2D eigenvalue weighted by Gasteiger charge is -2.19. The second-order valence-corrected chi connectivity index (χ2v) is 5.77. The van der Waals surface area contributed by atoms with Crippen LogP contribution in [0.1, 0.15) is 32.3 Å². The first kappa shape index (κ1) is 18.3. The monoisotopic (exact) mass is 307 g/mol. The Balaban J connectivity index is 0.00000242. The molecule has 0 spiro atoms. The molecule has 1 aliphatic heterocycles. The van der Waals surface area contributed by atoms with Gasteiger partial charge in [-0.2, -0.15) is 0 Å². The van der Waals surface area contributed by atoms with Crippen LogP contribution in [0.15, 0.2) is 18.2 Å². The van der Waals surface area contributed by atoms with E-state index in [2.05, 4.69) is 24.3 Å². The zero-order valence-electron chi connectivity index (χ0n) is 13.3. The maximum atomic E-state index is 12.0. The van der Waals surface area contributed by atoms with Crippen molar-refractivity contribution in [2.24, 2.45) is 0 Å². The van der Waals surface area contributed by atoms with Gasteiger partial charge in [0.15, 0.2) is 0 Å². The lowest BCUT2D eigenvalue weighted by molar-refractivity contribution is 0.164. The van der Waals surface area contributed by atoms with Gasteiger partial charge in [0.05, 0.1) is 0 Å². The van der Waals surface area contributed by atoms with Gasteiger partial charge >= 0.3 is 6.09 Å². The topological polar surface area (TPSA) is 44.8 Å². The van der Waals surface area contributed by atoms with Gasteiger partial charge in [-0.1, -0.05) is 13.5 Å². The van der Waals surface area contributed by atoms with Crippen LogP contribution < -0.4 is 10.1 Å². The largest absolute Gasteiger partial charge is 0.414 e. The molecule has 2 rings (SSSR count). The third-order valence-electron chi connectivity index (χ3n) is 3.92. The maximum absolute atomic E-state index is 12.0. The van der Waals surface area contributed by atoms with Crippen LogP contribution in [0.3, 0.4) is 0 Å². The highest BCUT2D eigenvalue weighted by Gasteiger charge is 2.27. The van der Waals surface area contributed by atoms with Gasteiger partial charge in [-0.25, -0.2) is 4.79 Å².